The molecule has 1 unspecified atom stereocenters. The van der Waals surface area contributed by atoms with Crippen LogP contribution in [0.25, 0.3) is 11.0 Å². The topological polar surface area (TPSA) is 75.2 Å². The lowest BCUT2D eigenvalue weighted by Gasteiger charge is -2.13. The van der Waals surface area contributed by atoms with E-state index in [-0.39, 0.29) is 0 Å². The van der Waals surface area contributed by atoms with E-state index in [1.165, 1.54) is 0 Å². The number of aliphatic carboxylic acids is 1. The van der Waals surface area contributed by atoms with Crippen LogP contribution in [-0.4, -0.2) is 27.1 Å². The molecule has 0 saturated heterocycles. The minimum Gasteiger partial charge on any atom is -0.479 e. The standard InChI is InChI=1S/C13H16N2O3/c1-4-11(13(16)17)18-9-5-7(2)12-10(6-9)14-8(3)15-12/h5-6,11H,4H2,1-3H3,(H,14,15)(H,16,17). The molecule has 1 atom stereocenters. The number of imidazole rings is 1. The van der Waals surface area contributed by atoms with Gasteiger partial charge in [0.15, 0.2) is 6.10 Å². The first-order valence-electron chi connectivity index (χ1n) is 5.87. The number of carboxylic acid groups (broad SMARTS) is 1. The van der Waals surface area contributed by atoms with Crippen molar-refractivity contribution in [1.29, 1.82) is 0 Å². The van der Waals surface area contributed by atoms with Gasteiger partial charge in [0.05, 0.1) is 11.0 Å². The summed E-state index contributed by atoms with van der Waals surface area (Å²) in [6, 6.07) is 3.60. The van der Waals surface area contributed by atoms with Crippen molar-refractivity contribution in [3.63, 3.8) is 0 Å². The predicted octanol–water partition coefficient (Wildman–Crippen LogP) is 2.42. The number of hydrogen-bond acceptors (Lipinski definition) is 3. The van der Waals surface area contributed by atoms with Gasteiger partial charge in [-0.15, -0.1) is 0 Å². The molecule has 0 saturated carbocycles. The van der Waals surface area contributed by atoms with E-state index >= 15 is 0 Å². The Kier molecular flexibility index (Phi) is 3.23. The van der Waals surface area contributed by atoms with Gasteiger partial charge in [0.2, 0.25) is 0 Å². The molecule has 18 heavy (non-hydrogen) atoms. The number of nitrogens with one attached hydrogen (secondary N) is 1. The zero-order valence-electron chi connectivity index (χ0n) is 10.7. The summed E-state index contributed by atoms with van der Waals surface area (Å²) in [4.78, 5) is 18.4. The lowest BCUT2D eigenvalue weighted by molar-refractivity contribution is -0.145. The van der Waals surface area contributed by atoms with E-state index in [2.05, 4.69) is 9.97 Å². The highest BCUT2D eigenvalue weighted by atomic mass is 16.5. The van der Waals surface area contributed by atoms with Crippen molar-refractivity contribution < 1.29 is 14.6 Å². The van der Waals surface area contributed by atoms with Gasteiger partial charge in [-0.1, -0.05) is 6.92 Å². The van der Waals surface area contributed by atoms with E-state index in [9.17, 15) is 4.79 Å². The summed E-state index contributed by atoms with van der Waals surface area (Å²) in [5.41, 5.74) is 2.72. The molecule has 1 aromatic carbocycles. The minimum absolute atomic E-state index is 0.425. The molecule has 0 radical (unpaired) electrons. The number of nitrogens with zero attached hydrogens (tertiary/aromatic N) is 1. The van der Waals surface area contributed by atoms with Crippen molar-refractivity contribution in [2.24, 2.45) is 0 Å². The zero-order chi connectivity index (χ0) is 13.3. The van der Waals surface area contributed by atoms with E-state index in [1.807, 2.05) is 19.9 Å². The van der Waals surface area contributed by atoms with Crippen LogP contribution in [-0.2, 0) is 4.79 Å². The van der Waals surface area contributed by atoms with Gasteiger partial charge in [-0.05, 0) is 31.9 Å². The number of hydrogen-bond donors (Lipinski definition) is 2. The molecule has 96 valence electrons. The first-order chi connectivity index (χ1) is 8.51. The van der Waals surface area contributed by atoms with Crippen LogP contribution >= 0.6 is 0 Å². The average Bonchev–Trinajstić information content (AvgIpc) is 2.66. The molecule has 2 rings (SSSR count). The van der Waals surface area contributed by atoms with Crippen LogP contribution < -0.4 is 4.74 Å². The Bertz CT molecular complexity index is 589. The Morgan fingerprint density at radius 3 is 2.83 bits per heavy atom. The Morgan fingerprint density at radius 2 is 2.22 bits per heavy atom. The van der Waals surface area contributed by atoms with E-state index in [1.54, 1.807) is 13.0 Å². The van der Waals surface area contributed by atoms with E-state index < -0.39 is 12.1 Å². The molecule has 0 aliphatic heterocycles. The molecule has 2 N–H and O–H groups in total. The molecule has 0 amide bonds. The van der Waals surface area contributed by atoms with Gasteiger partial charge < -0.3 is 14.8 Å². The minimum atomic E-state index is -0.948. The number of aromatic nitrogens is 2. The Balaban J connectivity index is 2.37. The second-order valence-corrected chi connectivity index (χ2v) is 4.31. The highest BCUT2D eigenvalue weighted by Crippen LogP contribution is 2.24. The largest absolute Gasteiger partial charge is 0.479 e. The summed E-state index contributed by atoms with van der Waals surface area (Å²) in [7, 11) is 0. The average molecular weight is 248 g/mol. The number of carbonyl (C=O) groups is 1. The third-order valence-corrected chi connectivity index (χ3v) is 2.79. The molecule has 0 aliphatic rings. The maximum atomic E-state index is 10.9. The fraction of sp³-hybridized carbons (Fsp3) is 0.385. The highest BCUT2D eigenvalue weighted by molar-refractivity contribution is 5.80. The van der Waals surface area contributed by atoms with Gasteiger partial charge in [0.1, 0.15) is 11.6 Å². The Morgan fingerprint density at radius 1 is 1.50 bits per heavy atom. The fourth-order valence-electron chi connectivity index (χ4n) is 1.92. The first-order valence-corrected chi connectivity index (χ1v) is 5.87. The summed E-state index contributed by atoms with van der Waals surface area (Å²) in [5.74, 6) is 0.435. The monoisotopic (exact) mass is 248 g/mol. The SMILES string of the molecule is CCC(Oc1cc(C)c2nc(C)[nH]c2c1)C(=O)O. The number of aryl methyl sites for hydroxylation is 2. The molecule has 5 heteroatoms. The molecule has 0 bridgehead atoms. The summed E-state index contributed by atoms with van der Waals surface area (Å²) >= 11 is 0. The smallest absolute Gasteiger partial charge is 0.344 e. The predicted molar refractivity (Wildman–Crippen MR) is 67.9 cm³/mol. The summed E-state index contributed by atoms with van der Waals surface area (Å²) in [5, 5.41) is 8.98. The Hall–Kier alpha value is -2.04. The van der Waals surface area contributed by atoms with E-state index in [4.69, 9.17) is 9.84 Å². The third-order valence-electron chi connectivity index (χ3n) is 2.79. The van der Waals surface area contributed by atoms with Crippen LogP contribution in [0.4, 0.5) is 0 Å². The molecule has 2 aromatic rings. The fourth-order valence-corrected chi connectivity index (χ4v) is 1.92. The van der Waals surface area contributed by atoms with Gasteiger partial charge in [-0.2, -0.15) is 0 Å². The molecule has 0 fully saturated rings. The van der Waals surface area contributed by atoms with Crippen LogP contribution in [0.3, 0.4) is 0 Å². The van der Waals surface area contributed by atoms with Crippen molar-refractivity contribution in [3.05, 3.63) is 23.5 Å². The van der Waals surface area contributed by atoms with Crippen LogP contribution in [0.15, 0.2) is 12.1 Å². The number of fused-ring (bicyclic) bond motifs is 1. The lowest BCUT2D eigenvalue weighted by Crippen LogP contribution is -2.25. The van der Waals surface area contributed by atoms with Crippen LogP contribution in [0.1, 0.15) is 24.7 Å². The van der Waals surface area contributed by atoms with E-state index in [0.29, 0.717) is 12.2 Å². The number of rotatable bonds is 4. The van der Waals surface area contributed by atoms with Crippen molar-refractivity contribution in [2.75, 3.05) is 0 Å². The number of ether oxygens (including phenoxy) is 1. The molecule has 0 spiro atoms. The van der Waals surface area contributed by atoms with Gasteiger partial charge >= 0.3 is 5.97 Å². The van der Waals surface area contributed by atoms with Gasteiger partial charge in [0.25, 0.3) is 0 Å². The summed E-state index contributed by atoms with van der Waals surface area (Å²) in [6.07, 6.45) is -0.389. The molecule has 0 aliphatic carbocycles. The summed E-state index contributed by atoms with van der Waals surface area (Å²) in [6.45, 7) is 5.59. The van der Waals surface area contributed by atoms with Crippen LogP contribution in [0.2, 0.25) is 0 Å². The second-order valence-electron chi connectivity index (χ2n) is 4.31. The van der Waals surface area contributed by atoms with Gasteiger partial charge in [0, 0.05) is 6.07 Å². The molecule has 1 heterocycles. The van der Waals surface area contributed by atoms with Crippen molar-refractivity contribution in [3.8, 4) is 5.75 Å². The highest BCUT2D eigenvalue weighted by Gasteiger charge is 2.17. The van der Waals surface area contributed by atoms with Gasteiger partial charge in [-0.3, -0.25) is 0 Å². The van der Waals surface area contributed by atoms with Crippen molar-refractivity contribution in [2.45, 2.75) is 33.3 Å². The maximum absolute atomic E-state index is 10.9. The quantitative estimate of drug-likeness (QED) is 0.871. The lowest BCUT2D eigenvalue weighted by atomic mass is 10.2. The van der Waals surface area contributed by atoms with Crippen LogP contribution in [0, 0.1) is 13.8 Å². The zero-order valence-corrected chi connectivity index (χ0v) is 10.7. The normalized spacial score (nSPS) is 12.6. The van der Waals surface area contributed by atoms with Gasteiger partial charge in [-0.25, -0.2) is 9.78 Å². The Labute approximate surface area is 105 Å². The van der Waals surface area contributed by atoms with Crippen LogP contribution in [0.5, 0.6) is 5.75 Å². The molecule has 5 nitrogen and oxygen atoms in total. The maximum Gasteiger partial charge on any atom is 0.344 e. The summed E-state index contributed by atoms with van der Waals surface area (Å²) < 4.78 is 5.48. The first kappa shape index (κ1) is 12.4. The number of H-pyrrole nitrogens is 1. The third kappa shape index (κ3) is 2.30. The molecular weight excluding hydrogens is 232 g/mol. The van der Waals surface area contributed by atoms with Crippen molar-refractivity contribution >= 4 is 17.0 Å². The van der Waals surface area contributed by atoms with Crippen molar-refractivity contribution in [1.82, 2.24) is 9.97 Å². The number of benzene rings is 1. The van der Waals surface area contributed by atoms with E-state index in [0.717, 1.165) is 22.4 Å². The molecule has 1 aromatic heterocycles. The number of aromatic amines is 1. The second kappa shape index (κ2) is 4.68. The number of carboxylic acids is 1. The molecular formula is C13H16N2O3.